The lowest BCUT2D eigenvalue weighted by Gasteiger charge is -2.25. The van der Waals surface area contributed by atoms with Gasteiger partial charge in [0.1, 0.15) is 11.5 Å². The number of aryl methyl sites for hydroxylation is 2. The average molecular weight is 328 g/mol. The third-order valence-electron chi connectivity index (χ3n) is 4.68. The topological polar surface area (TPSA) is 38.5 Å². The summed E-state index contributed by atoms with van der Waals surface area (Å²) in [5.41, 5.74) is 3.68. The Balaban J connectivity index is 1.73. The molecule has 1 aromatic heterocycles. The van der Waals surface area contributed by atoms with Crippen LogP contribution in [0.5, 0.6) is 5.75 Å². The van der Waals surface area contributed by atoms with E-state index in [9.17, 15) is 0 Å². The summed E-state index contributed by atoms with van der Waals surface area (Å²) >= 11 is 0. The zero-order chi connectivity index (χ0) is 17.1. The molecule has 1 aliphatic heterocycles. The second-order valence-electron chi connectivity index (χ2n) is 6.90. The Morgan fingerprint density at radius 3 is 2.71 bits per heavy atom. The molecule has 24 heavy (non-hydrogen) atoms. The van der Waals surface area contributed by atoms with E-state index in [1.165, 1.54) is 24.0 Å². The first-order chi connectivity index (χ1) is 11.6. The molecule has 2 aromatic rings. The molecular formula is C20H28N2O2. The third-order valence-corrected chi connectivity index (χ3v) is 4.68. The molecule has 1 fully saturated rings. The summed E-state index contributed by atoms with van der Waals surface area (Å²) in [6.45, 7) is 10.4. The van der Waals surface area contributed by atoms with Crippen LogP contribution in [0.1, 0.15) is 62.2 Å². The Kier molecular flexibility index (Phi) is 5.24. The highest BCUT2D eigenvalue weighted by molar-refractivity contribution is 5.29. The molecule has 0 unspecified atom stereocenters. The predicted octanol–water partition coefficient (Wildman–Crippen LogP) is 4.67. The van der Waals surface area contributed by atoms with E-state index in [-0.39, 0.29) is 6.10 Å². The molecule has 3 rings (SSSR count). The van der Waals surface area contributed by atoms with Crippen molar-refractivity contribution in [3.8, 4) is 5.75 Å². The van der Waals surface area contributed by atoms with Gasteiger partial charge in [0.25, 0.3) is 0 Å². The van der Waals surface area contributed by atoms with Crippen LogP contribution in [0, 0.1) is 6.92 Å². The highest BCUT2D eigenvalue weighted by atomic mass is 16.5. The summed E-state index contributed by atoms with van der Waals surface area (Å²) in [5, 5.41) is 4.19. The van der Waals surface area contributed by atoms with Gasteiger partial charge in [0, 0.05) is 24.6 Å². The van der Waals surface area contributed by atoms with Gasteiger partial charge >= 0.3 is 0 Å². The SMILES string of the molecule is CCc1onc(C)c1[C@@H]1CCCN1Cc1ccc(OC(C)C)cc1. The van der Waals surface area contributed by atoms with Gasteiger partial charge in [0.05, 0.1) is 11.8 Å². The lowest BCUT2D eigenvalue weighted by molar-refractivity contribution is 0.239. The first kappa shape index (κ1) is 17.0. The summed E-state index contributed by atoms with van der Waals surface area (Å²) in [6.07, 6.45) is 3.53. The van der Waals surface area contributed by atoms with Crippen LogP contribution in [0.4, 0.5) is 0 Å². The van der Waals surface area contributed by atoms with Crippen LogP contribution in [-0.4, -0.2) is 22.7 Å². The molecule has 0 aliphatic carbocycles. The van der Waals surface area contributed by atoms with Gasteiger partial charge < -0.3 is 9.26 Å². The minimum atomic E-state index is 0.211. The summed E-state index contributed by atoms with van der Waals surface area (Å²) in [6, 6.07) is 8.92. The molecule has 4 heteroatoms. The summed E-state index contributed by atoms with van der Waals surface area (Å²) in [4.78, 5) is 2.55. The molecule has 0 bridgehead atoms. The van der Waals surface area contributed by atoms with Crippen LogP contribution in [0.2, 0.25) is 0 Å². The van der Waals surface area contributed by atoms with Crippen molar-refractivity contribution >= 4 is 0 Å². The lowest BCUT2D eigenvalue weighted by Crippen LogP contribution is -2.23. The number of aromatic nitrogens is 1. The van der Waals surface area contributed by atoms with E-state index >= 15 is 0 Å². The fourth-order valence-electron chi connectivity index (χ4n) is 3.63. The highest BCUT2D eigenvalue weighted by Gasteiger charge is 2.31. The molecule has 0 saturated carbocycles. The Hall–Kier alpha value is -1.81. The molecule has 1 atom stereocenters. The van der Waals surface area contributed by atoms with Crippen molar-refractivity contribution in [1.29, 1.82) is 0 Å². The van der Waals surface area contributed by atoms with E-state index in [0.717, 1.165) is 36.7 Å². The van der Waals surface area contributed by atoms with Crippen molar-refractivity contribution in [2.45, 2.75) is 65.6 Å². The molecule has 2 heterocycles. The van der Waals surface area contributed by atoms with Crippen molar-refractivity contribution in [1.82, 2.24) is 10.1 Å². The predicted molar refractivity (Wildman–Crippen MR) is 95.2 cm³/mol. The fraction of sp³-hybridized carbons (Fsp3) is 0.550. The molecule has 0 amide bonds. The first-order valence-electron chi connectivity index (χ1n) is 9.03. The van der Waals surface area contributed by atoms with Crippen LogP contribution in [0.3, 0.4) is 0 Å². The van der Waals surface area contributed by atoms with Crippen LogP contribution in [0.15, 0.2) is 28.8 Å². The molecule has 1 aromatic carbocycles. The van der Waals surface area contributed by atoms with E-state index in [0.29, 0.717) is 6.04 Å². The molecule has 4 nitrogen and oxygen atoms in total. The number of rotatable bonds is 6. The standard InChI is InChI=1S/C20H28N2O2/c1-5-19-20(15(4)21-24-19)18-7-6-12-22(18)13-16-8-10-17(11-9-16)23-14(2)3/h8-11,14,18H,5-7,12-13H2,1-4H3/t18-/m0/s1. The maximum atomic E-state index is 5.73. The molecular weight excluding hydrogens is 300 g/mol. The van der Waals surface area contributed by atoms with Crippen LogP contribution in [0.25, 0.3) is 0 Å². The summed E-state index contributed by atoms with van der Waals surface area (Å²) in [5.74, 6) is 1.99. The number of hydrogen-bond acceptors (Lipinski definition) is 4. The maximum Gasteiger partial charge on any atom is 0.141 e. The molecule has 0 N–H and O–H groups in total. The average Bonchev–Trinajstić information content (AvgIpc) is 3.14. The zero-order valence-corrected chi connectivity index (χ0v) is 15.2. The van der Waals surface area contributed by atoms with Gasteiger partial charge in [-0.25, -0.2) is 0 Å². The quantitative estimate of drug-likeness (QED) is 0.772. The third kappa shape index (κ3) is 3.64. The number of benzene rings is 1. The Morgan fingerprint density at radius 2 is 2.04 bits per heavy atom. The van der Waals surface area contributed by atoms with Crippen molar-refractivity contribution in [3.63, 3.8) is 0 Å². The number of likely N-dealkylation sites (tertiary alicyclic amines) is 1. The largest absolute Gasteiger partial charge is 0.491 e. The van der Waals surface area contributed by atoms with Crippen LogP contribution < -0.4 is 4.74 Å². The van der Waals surface area contributed by atoms with E-state index in [1.807, 2.05) is 0 Å². The molecule has 1 saturated heterocycles. The van der Waals surface area contributed by atoms with E-state index in [4.69, 9.17) is 9.26 Å². The summed E-state index contributed by atoms with van der Waals surface area (Å²) < 4.78 is 11.2. The smallest absolute Gasteiger partial charge is 0.141 e. The zero-order valence-electron chi connectivity index (χ0n) is 15.2. The second kappa shape index (κ2) is 7.39. The molecule has 1 aliphatic rings. The van der Waals surface area contributed by atoms with Gasteiger partial charge in [0.15, 0.2) is 0 Å². The van der Waals surface area contributed by atoms with Crippen molar-refractivity contribution < 1.29 is 9.26 Å². The minimum absolute atomic E-state index is 0.211. The normalized spacial score (nSPS) is 18.5. The van der Waals surface area contributed by atoms with E-state index in [2.05, 4.69) is 62.0 Å². The first-order valence-corrected chi connectivity index (χ1v) is 9.03. The van der Waals surface area contributed by atoms with Crippen LogP contribution in [-0.2, 0) is 13.0 Å². The van der Waals surface area contributed by atoms with E-state index in [1.54, 1.807) is 0 Å². The number of ether oxygens (including phenoxy) is 1. The number of hydrogen-bond donors (Lipinski definition) is 0. The Morgan fingerprint density at radius 1 is 1.29 bits per heavy atom. The monoisotopic (exact) mass is 328 g/mol. The van der Waals surface area contributed by atoms with Gasteiger partial charge in [-0.1, -0.05) is 24.2 Å². The lowest BCUT2D eigenvalue weighted by atomic mass is 10.0. The molecule has 130 valence electrons. The Bertz CT molecular complexity index is 661. The van der Waals surface area contributed by atoms with Crippen molar-refractivity contribution in [2.24, 2.45) is 0 Å². The molecule has 0 radical (unpaired) electrons. The highest BCUT2D eigenvalue weighted by Crippen LogP contribution is 2.37. The maximum absolute atomic E-state index is 5.73. The van der Waals surface area contributed by atoms with Crippen LogP contribution >= 0.6 is 0 Å². The fourth-order valence-corrected chi connectivity index (χ4v) is 3.63. The van der Waals surface area contributed by atoms with E-state index < -0.39 is 0 Å². The van der Waals surface area contributed by atoms with Crippen molar-refractivity contribution in [3.05, 3.63) is 46.8 Å². The van der Waals surface area contributed by atoms with Gasteiger partial charge in [0.2, 0.25) is 0 Å². The van der Waals surface area contributed by atoms with Gasteiger partial charge in [-0.2, -0.15) is 0 Å². The minimum Gasteiger partial charge on any atom is -0.491 e. The number of nitrogens with zero attached hydrogens (tertiary/aromatic N) is 2. The molecule has 0 spiro atoms. The second-order valence-corrected chi connectivity index (χ2v) is 6.90. The van der Waals surface area contributed by atoms with Crippen molar-refractivity contribution in [2.75, 3.05) is 6.54 Å². The summed E-state index contributed by atoms with van der Waals surface area (Å²) in [7, 11) is 0. The Labute approximate surface area is 144 Å². The van der Waals surface area contributed by atoms with Gasteiger partial charge in [-0.3, -0.25) is 4.90 Å². The van der Waals surface area contributed by atoms with Gasteiger partial charge in [-0.05, 0) is 57.9 Å². The van der Waals surface area contributed by atoms with Gasteiger partial charge in [-0.15, -0.1) is 0 Å².